The molecule has 0 atom stereocenters. The van der Waals surface area contributed by atoms with Crippen molar-refractivity contribution < 1.29 is 9.47 Å². The summed E-state index contributed by atoms with van der Waals surface area (Å²) in [5, 5.41) is 8.15. The zero-order valence-electron chi connectivity index (χ0n) is 18.6. The maximum absolute atomic E-state index is 6.21. The Morgan fingerprint density at radius 3 is 2.56 bits per heavy atom. The summed E-state index contributed by atoms with van der Waals surface area (Å²) in [7, 11) is 1.64. The first-order chi connectivity index (χ1) is 15.6. The van der Waals surface area contributed by atoms with Gasteiger partial charge in [0, 0.05) is 35.8 Å². The Balaban J connectivity index is 0.00000204. The number of aryl methyl sites for hydroxylation is 1. The van der Waals surface area contributed by atoms with Crippen LogP contribution in [-0.4, -0.2) is 33.4 Å². The minimum atomic E-state index is 0. The fourth-order valence-electron chi connectivity index (χ4n) is 3.20. The summed E-state index contributed by atoms with van der Waals surface area (Å²) in [4.78, 5) is 8.72. The van der Waals surface area contributed by atoms with Crippen LogP contribution in [0.15, 0.2) is 60.8 Å². The van der Waals surface area contributed by atoms with E-state index in [1.165, 1.54) is 0 Å². The van der Waals surface area contributed by atoms with E-state index in [4.69, 9.17) is 26.8 Å². The van der Waals surface area contributed by atoms with Gasteiger partial charge in [-0.1, -0.05) is 23.7 Å². The molecule has 2 heterocycles. The van der Waals surface area contributed by atoms with Gasteiger partial charge in [0.1, 0.15) is 11.5 Å². The molecular weight excluding hydrogens is 499 g/mol. The van der Waals surface area contributed by atoms with Crippen LogP contribution in [0.25, 0.3) is 11.1 Å². The molecule has 3 N–H and O–H groups in total. The average Bonchev–Trinajstić information content (AvgIpc) is 3.16. The first kappa shape index (κ1) is 27.2. The summed E-state index contributed by atoms with van der Waals surface area (Å²) in [6.45, 7) is 2.78. The first-order valence-electron chi connectivity index (χ1n) is 10.0. The number of pyridine rings is 1. The standard InChI is InChI=1S/C23H23ClN6O2.2ClH/c1-15-13-16(9-11-26-15)18-8-7-17(14-21(18)31-2)27-22-28-23(30(29-22)12-10-25)32-20-6-4-3-5-19(20)24;;/h3-9,11,13-14H,10,12,25H2,1-2H3,(H,27,29);2*1H. The lowest BCUT2D eigenvalue weighted by Crippen LogP contribution is -2.12. The van der Waals surface area contributed by atoms with Crippen LogP contribution in [0.5, 0.6) is 17.5 Å². The molecule has 11 heteroatoms. The summed E-state index contributed by atoms with van der Waals surface area (Å²) >= 11 is 6.21. The molecule has 0 aliphatic carbocycles. The third kappa shape index (κ3) is 6.30. The number of hydrogen-bond acceptors (Lipinski definition) is 7. The van der Waals surface area contributed by atoms with E-state index in [0.717, 1.165) is 28.3 Å². The Morgan fingerprint density at radius 1 is 1.06 bits per heavy atom. The first-order valence-corrected chi connectivity index (χ1v) is 10.4. The van der Waals surface area contributed by atoms with Gasteiger partial charge in [0.15, 0.2) is 0 Å². The molecule has 0 saturated carbocycles. The molecule has 0 spiro atoms. The van der Waals surface area contributed by atoms with E-state index in [9.17, 15) is 0 Å². The highest BCUT2D eigenvalue weighted by Gasteiger charge is 2.15. The van der Waals surface area contributed by atoms with Crippen LogP contribution in [0.4, 0.5) is 11.6 Å². The molecule has 0 bridgehead atoms. The molecule has 0 aliphatic heterocycles. The highest BCUT2D eigenvalue weighted by molar-refractivity contribution is 6.32. The van der Waals surface area contributed by atoms with Crippen molar-refractivity contribution in [2.45, 2.75) is 13.5 Å². The van der Waals surface area contributed by atoms with Gasteiger partial charge in [0.25, 0.3) is 0 Å². The summed E-state index contributed by atoms with van der Waals surface area (Å²) in [5.41, 5.74) is 9.42. The van der Waals surface area contributed by atoms with Crippen LogP contribution in [0.2, 0.25) is 5.02 Å². The van der Waals surface area contributed by atoms with Crippen molar-refractivity contribution in [2.24, 2.45) is 5.73 Å². The molecule has 0 radical (unpaired) electrons. The van der Waals surface area contributed by atoms with Crippen LogP contribution in [0.3, 0.4) is 0 Å². The van der Waals surface area contributed by atoms with Gasteiger partial charge < -0.3 is 20.5 Å². The monoisotopic (exact) mass is 522 g/mol. The van der Waals surface area contributed by atoms with Crippen molar-refractivity contribution in [3.8, 4) is 28.6 Å². The Labute approximate surface area is 215 Å². The van der Waals surface area contributed by atoms with Crippen LogP contribution >= 0.6 is 36.4 Å². The van der Waals surface area contributed by atoms with Gasteiger partial charge in [-0.2, -0.15) is 4.98 Å². The lowest BCUT2D eigenvalue weighted by atomic mass is 10.0. The summed E-state index contributed by atoms with van der Waals surface area (Å²) < 4.78 is 13.1. The number of nitrogens with two attached hydrogens (primary N) is 1. The Kier molecular flexibility index (Phi) is 9.95. The number of nitrogens with one attached hydrogen (secondary N) is 1. The molecular formula is C23H25Cl3N6O2. The number of rotatable bonds is 8. The second-order valence-electron chi connectivity index (χ2n) is 6.99. The van der Waals surface area contributed by atoms with Crippen LogP contribution in [0, 0.1) is 6.92 Å². The molecule has 0 aliphatic rings. The molecule has 4 aromatic rings. The zero-order valence-corrected chi connectivity index (χ0v) is 21.0. The quantitative estimate of drug-likeness (QED) is 0.308. The van der Waals surface area contributed by atoms with Gasteiger partial charge in [0.2, 0.25) is 5.95 Å². The summed E-state index contributed by atoms with van der Waals surface area (Å²) in [6.07, 6.45) is 1.78. The highest BCUT2D eigenvalue weighted by Crippen LogP contribution is 2.34. The van der Waals surface area contributed by atoms with Crippen molar-refractivity contribution in [3.05, 3.63) is 71.5 Å². The summed E-state index contributed by atoms with van der Waals surface area (Å²) in [6, 6.07) is 17.2. The SMILES string of the molecule is COc1cc(Nc2nc(Oc3ccccc3Cl)n(CCN)n2)ccc1-c1ccnc(C)c1.Cl.Cl. The minimum absolute atomic E-state index is 0. The molecule has 0 amide bonds. The highest BCUT2D eigenvalue weighted by atomic mass is 35.5. The Hall–Kier alpha value is -3.04. The topological polar surface area (TPSA) is 100 Å². The van der Waals surface area contributed by atoms with E-state index in [1.54, 1.807) is 30.1 Å². The van der Waals surface area contributed by atoms with Crippen molar-refractivity contribution >= 4 is 48.1 Å². The van der Waals surface area contributed by atoms with E-state index < -0.39 is 0 Å². The molecule has 34 heavy (non-hydrogen) atoms. The molecule has 2 aromatic carbocycles. The van der Waals surface area contributed by atoms with Crippen molar-refractivity contribution in [1.29, 1.82) is 0 Å². The number of hydrogen-bond donors (Lipinski definition) is 2. The number of halogens is 3. The van der Waals surface area contributed by atoms with Gasteiger partial charge in [-0.3, -0.25) is 4.98 Å². The number of benzene rings is 2. The predicted molar refractivity (Wildman–Crippen MR) is 139 cm³/mol. The number of nitrogens with zero attached hydrogens (tertiary/aromatic N) is 4. The van der Waals surface area contributed by atoms with Gasteiger partial charge in [0.05, 0.1) is 18.7 Å². The third-order valence-corrected chi connectivity index (χ3v) is 4.99. The Bertz CT molecular complexity index is 1240. The van der Waals surface area contributed by atoms with Crippen molar-refractivity contribution in [1.82, 2.24) is 19.7 Å². The zero-order chi connectivity index (χ0) is 22.5. The number of anilines is 2. The number of para-hydroxylation sites is 1. The lowest BCUT2D eigenvalue weighted by Gasteiger charge is -2.11. The van der Waals surface area contributed by atoms with Gasteiger partial charge in [-0.05, 0) is 48.9 Å². The molecule has 2 aromatic heterocycles. The third-order valence-electron chi connectivity index (χ3n) is 4.68. The largest absolute Gasteiger partial charge is 0.496 e. The molecule has 4 rings (SSSR count). The average molecular weight is 524 g/mol. The number of ether oxygens (including phenoxy) is 2. The van der Waals surface area contributed by atoms with Gasteiger partial charge in [-0.15, -0.1) is 29.9 Å². The van der Waals surface area contributed by atoms with Crippen LogP contribution in [0.1, 0.15) is 5.69 Å². The fraction of sp³-hybridized carbons (Fsp3) is 0.174. The van der Waals surface area contributed by atoms with E-state index in [-0.39, 0.29) is 24.8 Å². The Morgan fingerprint density at radius 2 is 1.85 bits per heavy atom. The van der Waals surface area contributed by atoms with Crippen LogP contribution in [-0.2, 0) is 6.54 Å². The second-order valence-corrected chi connectivity index (χ2v) is 7.40. The fourth-order valence-corrected chi connectivity index (χ4v) is 3.37. The molecule has 0 saturated heterocycles. The smallest absolute Gasteiger partial charge is 0.322 e. The molecule has 0 unspecified atom stereocenters. The van der Waals surface area contributed by atoms with Crippen LogP contribution < -0.4 is 20.5 Å². The van der Waals surface area contributed by atoms with Crippen molar-refractivity contribution in [2.75, 3.05) is 19.0 Å². The molecule has 8 nitrogen and oxygen atoms in total. The summed E-state index contributed by atoms with van der Waals surface area (Å²) in [5.74, 6) is 1.58. The van der Waals surface area contributed by atoms with E-state index in [1.807, 2.05) is 49.4 Å². The predicted octanol–water partition coefficient (Wildman–Crippen LogP) is 5.65. The molecule has 0 fully saturated rings. The lowest BCUT2D eigenvalue weighted by molar-refractivity contribution is 0.398. The van der Waals surface area contributed by atoms with Gasteiger partial charge in [-0.25, -0.2) is 4.68 Å². The number of aromatic nitrogens is 4. The maximum atomic E-state index is 6.21. The normalized spacial score (nSPS) is 10.1. The van der Waals surface area contributed by atoms with Gasteiger partial charge >= 0.3 is 6.01 Å². The number of methoxy groups -OCH3 is 1. The van der Waals surface area contributed by atoms with E-state index in [2.05, 4.69) is 20.4 Å². The van der Waals surface area contributed by atoms with E-state index in [0.29, 0.717) is 35.8 Å². The van der Waals surface area contributed by atoms with Crippen molar-refractivity contribution in [3.63, 3.8) is 0 Å². The minimum Gasteiger partial charge on any atom is -0.496 e. The maximum Gasteiger partial charge on any atom is 0.322 e. The molecule has 180 valence electrons. The second kappa shape index (κ2) is 12.4. The van der Waals surface area contributed by atoms with E-state index >= 15 is 0 Å².